The number of carbonyl (C=O) groups excluding carboxylic acids is 1. The molecule has 0 radical (unpaired) electrons. The van der Waals surface area contributed by atoms with Crippen LogP contribution in [0.2, 0.25) is 0 Å². The second-order valence-corrected chi connectivity index (χ2v) is 5.27. The Morgan fingerprint density at radius 3 is 2.21 bits per heavy atom. The third kappa shape index (κ3) is 4.95. The van der Waals surface area contributed by atoms with E-state index in [4.69, 9.17) is 9.84 Å². The lowest BCUT2D eigenvalue weighted by atomic mass is 9.84. The van der Waals surface area contributed by atoms with Crippen molar-refractivity contribution in [3.63, 3.8) is 0 Å². The number of carboxylic acid groups (broad SMARTS) is 1. The topological polar surface area (TPSA) is 63.6 Å². The largest absolute Gasteiger partial charge is 0.478 e. The summed E-state index contributed by atoms with van der Waals surface area (Å²) in [5.74, 6) is -1.84. The van der Waals surface area contributed by atoms with Crippen LogP contribution >= 0.6 is 0 Å². The van der Waals surface area contributed by atoms with Crippen LogP contribution in [0.5, 0.6) is 0 Å². The molecule has 0 aliphatic rings. The van der Waals surface area contributed by atoms with Crippen LogP contribution in [-0.2, 0) is 14.3 Å². The maximum atomic E-state index is 11.6. The van der Waals surface area contributed by atoms with Gasteiger partial charge in [-0.3, -0.25) is 0 Å². The Morgan fingerprint density at radius 2 is 1.74 bits per heavy atom. The van der Waals surface area contributed by atoms with Gasteiger partial charge in [0.1, 0.15) is 6.10 Å². The molecule has 0 aromatic heterocycles. The normalized spacial score (nSPS) is 13.2. The van der Waals surface area contributed by atoms with Gasteiger partial charge in [-0.25, -0.2) is 9.59 Å². The van der Waals surface area contributed by atoms with E-state index in [1.165, 1.54) is 0 Å². The molecule has 102 valence electrons. The van der Waals surface area contributed by atoms with E-state index >= 15 is 0 Å². The molecule has 0 fully saturated rings. The lowest BCUT2D eigenvalue weighted by Gasteiger charge is -2.30. The van der Waals surface area contributed by atoms with Gasteiger partial charge in [-0.15, -0.1) is 0 Å². The smallest absolute Gasteiger partial charge is 0.331 e. The highest BCUT2D eigenvalue weighted by atomic mass is 16.5. The van der Waals surface area contributed by atoms with Gasteiger partial charge in [-0.2, -0.15) is 0 Å². The molecule has 0 spiro atoms. The van der Waals surface area contributed by atoms with Gasteiger partial charge in [0, 0.05) is 17.6 Å². The molecular weight excluding hydrogens is 244 g/mol. The van der Waals surface area contributed by atoms with E-state index in [1.807, 2.05) is 51.1 Å². The zero-order valence-electron chi connectivity index (χ0n) is 11.3. The van der Waals surface area contributed by atoms with Crippen molar-refractivity contribution in [1.29, 1.82) is 0 Å². The Hall–Kier alpha value is -2.10. The van der Waals surface area contributed by atoms with Crippen LogP contribution in [-0.4, -0.2) is 17.0 Å². The van der Waals surface area contributed by atoms with Gasteiger partial charge >= 0.3 is 11.9 Å². The zero-order valence-corrected chi connectivity index (χ0v) is 11.3. The molecule has 4 heteroatoms. The van der Waals surface area contributed by atoms with Gasteiger partial charge in [0.15, 0.2) is 0 Å². The molecule has 1 N–H and O–H groups in total. The quantitative estimate of drug-likeness (QED) is 0.669. The molecule has 1 aromatic rings. The van der Waals surface area contributed by atoms with Gasteiger partial charge < -0.3 is 9.84 Å². The second-order valence-electron chi connectivity index (χ2n) is 5.27. The SMILES string of the molecule is CC(C)(C)C(OC(=O)C=CC(=O)O)c1ccccc1. The van der Waals surface area contributed by atoms with Crippen molar-refractivity contribution in [2.45, 2.75) is 26.9 Å². The maximum Gasteiger partial charge on any atom is 0.331 e. The number of rotatable bonds is 4. The van der Waals surface area contributed by atoms with Crippen molar-refractivity contribution in [1.82, 2.24) is 0 Å². The first-order chi connectivity index (χ1) is 8.80. The van der Waals surface area contributed by atoms with Crippen LogP contribution in [0.15, 0.2) is 42.5 Å². The van der Waals surface area contributed by atoms with Crippen molar-refractivity contribution in [3.05, 3.63) is 48.0 Å². The highest BCUT2D eigenvalue weighted by Gasteiger charge is 2.29. The van der Waals surface area contributed by atoms with E-state index in [9.17, 15) is 9.59 Å². The number of carbonyl (C=O) groups is 2. The monoisotopic (exact) mass is 262 g/mol. The van der Waals surface area contributed by atoms with Crippen LogP contribution in [0.25, 0.3) is 0 Å². The molecule has 1 aromatic carbocycles. The minimum absolute atomic E-state index is 0.284. The van der Waals surface area contributed by atoms with Gasteiger partial charge in [-0.05, 0) is 5.56 Å². The zero-order chi connectivity index (χ0) is 14.5. The predicted molar refractivity (Wildman–Crippen MR) is 71.5 cm³/mol. The summed E-state index contributed by atoms with van der Waals surface area (Å²) in [6, 6.07) is 9.38. The summed E-state index contributed by atoms with van der Waals surface area (Å²) in [5, 5.41) is 8.48. The fourth-order valence-electron chi connectivity index (χ4n) is 1.67. The molecule has 0 aliphatic carbocycles. The highest BCUT2D eigenvalue weighted by molar-refractivity contribution is 5.90. The molecule has 19 heavy (non-hydrogen) atoms. The van der Waals surface area contributed by atoms with Crippen molar-refractivity contribution in [3.8, 4) is 0 Å². The lowest BCUT2D eigenvalue weighted by Crippen LogP contribution is -2.23. The van der Waals surface area contributed by atoms with E-state index in [1.54, 1.807) is 0 Å². The summed E-state index contributed by atoms with van der Waals surface area (Å²) in [6.07, 6.45) is 1.26. The fraction of sp³-hybridized carbons (Fsp3) is 0.333. The number of carboxylic acids is 1. The maximum absolute atomic E-state index is 11.6. The summed E-state index contributed by atoms with van der Waals surface area (Å²) < 4.78 is 5.36. The van der Waals surface area contributed by atoms with Gasteiger partial charge in [-0.1, -0.05) is 51.1 Å². The van der Waals surface area contributed by atoms with Gasteiger partial charge in [0.2, 0.25) is 0 Å². The van der Waals surface area contributed by atoms with Crippen LogP contribution in [0, 0.1) is 5.41 Å². The summed E-state index contributed by atoms with van der Waals surface area (Å²) in [7, 11) is 0. The van der Waals surface area contributed by atoms with Crippen LogP contribution in [0.3, 0.4) is 0 Å². The standard InChI is InChI=1S/C15H18O4/c1-15(2,3)14(11-7-5-4-6-8-11)19-13(18)10-9-12(16)17/h4-10,14H,1-3H3,(H,16,17). The molecule has 0 saturated carbocycles. The molecule has 0 heterocycles. The molecular formula is C15H18O4. The number of hydrogen-bond acceptors (Lipinski definition) is 3. The Bertz CT molecular complexity index is 469. The third-order valence-corrected chi connectivity index (χ3v) is 2.48. The number of benzene rings is 1. The first kappa shape index (κ1) is 15.0. The van der Waals surface area contributed by atoms with Crippen molar-refractivity contribution >= 4 is 11.9 Å². The highest BCUT2D eigenvalue weighted by Crippen LogP contribution is 2.36. The lowest BCUT2D eigenvalue weighted by molar-refractivity contribution is -0.149. The fourth-order valence-corrected chi connectivity index (χ4v) is 1.67. The molecule has 0 amide bonds. The molecule has 4 nitrogen and oxygen atoms in total. The number of aliphatic carboxylic acids is 1. The summed E-state index contributed by atoms with van der Waals surface area (Å²) in [4.78, 5) is 22.0. The molecule has 0 aliphatic heterocycles. The van der Waals surface area contributed by atoms with E-state index < -0.39 is 18.0 Å². The Kier molecular flexibility index (Phi) is 4.87. The first-order valence-electron chi connectivity index (χ1n) is 5.97. The van der Waals surface area contributed by atoms with Gasteiger partial charge in [0.05, 0.1) is 0 Å². The molecule has 1 atom stereocenters. The minimum atomic E-state index is -1.18. The third-order valence-electron chi connectivity index (χ3n) is 2.48. The average Bonchev–Trinajstić information content (AvgIpc) is 2.33. The van der Waals surface area contributed by atoms with E-state index in [2.05, 4.69) is 0 Å². The average molecular weight is 262 g/mol. The minimum Gasteiger partial charge on any atom is -0.478 e. The van der Waals surface area contributed by atoms with Crippen LogP contribution < -0.4 is 0 Å². The summed E-state index contributed by atoms with van der Waals surface area (Å²) in [6.45, 7) is 5.87. The first-order valence-corrected chi connectivity index (χ1v) is 5.97. The number of ether oxygens (including phenoxy) is 1. The molecule has 1 unspecified atom stereocenters. The van der Waals surface area contributed by atoms with Crippen LogP contribution in [0.4, 0.5) is 0 Å². The van der Waals surface area contributed by atoms with Crippen molar-refractivity contribution in [2.24, 2.45) is 5.41 Å². The number of esters is 1. The summed E-state index contributed by atoms with van der Waals surface area (Å²) in [5.41, 5.74) is 0.598. The van der Waals surface area contributed by atoms with Crippen LogP contribution in [0.1, 0.15) is 32.4 Å². The van der Waals surface area contributed by atoms with E-state index in [0.717, 1.165) is 17.7 Å². The molecule has 1 rings (SSSR count). The van der Waals surface area contributed by atoms with Crippen molar-refractivity contribution < 1.29 is 19.4 Å². The summed E-state index contributed by atoms with van der Waals surface area (Å²) >= 11 is 0. The van der Waals surface area contributed by atoms with E-state index in [-0.39, 0.29) is 5.41 Å². The molecule has 0 saturated heterocycles. The Balaban J connectivity index is 2.89. The number of hydrogen-bond donors (Lipinski definition) is 1. The Labute approximate surface area is 112 Å². The van der Waals surface area contributed by atoms with Gasteiger partial charge in [0.25, 0.3) is 0 Å². The van der Waals surface area contributed by atoms with E-state index in [0.29, 0.717) is 0 Å². The second kappa shape index (κ2) is 6.18. The molecule has 0 bridgehead atoms. The Morgan fingerprint density at radius 1 is 1.16 bits per heavy atom. The predicted octanol–water partition coefficient (Wildman–Crippen LogP) is 2.96. The van der Waals surface area contributed by atoms with Crippen molar-refractivity contribution in [2.75, 3.05) is 0 Å².